The van der Waals surface area contributed by atoms with Crippen molar-refractivity contribution in [2.24, 2.45) is 4.99 Å². The van der Waals surface area contributed by atoms with Crippen LogP contribution in [-0.2, 0) is 6.54 Å². The van der Waals surface area contributed by atoms with Crippen LogP contribution in [0.1, 0.15) is 38.1 Å². The molecule has 1 aromatic heterocycles. The summed E-state index contributed by atoms with van der Waals surface area (Å²) < 4.78 is 5.20. The molecule has 0 unspecified atom stereocenters. The second-order valence-electron chi connectivity index (χ2n) is 4.22. The van der Waals surface area contributed by atoms with Gasteiger partial charge in [0.1, 0.15) is 6.54 Å². The molecule has 3 N–H and O–H groups in total. The van der Waals surface area contributed by atoms with Gasteiger partial charge in [0.15, 0.2) is 11.7 Å². The summed E-state index contributed by atoms with van der Waals surface area (Å²) in [6, 6.07) is 1.92. The summed E-state index contributed by atoms with van der Waals surface area (Å²) >= 11 is 0. The molecule has 0 amide bonds. The minimum absolute atomic E-state index is 0. The van der Waals surface area contributed by atoms with E-state index in [0.29, 0.717) is 25.0 Å². The third-order valence-electron chi connectivity index (χ3n) is 2.31. The molecule has 0 aromatic carbocycles. The van der Waals surface area contributed by atoms with Crippen LogP contribution < -0.4 is 10.6 Å². The molecule has 110 valence electrons. The average molecular weight is 382 g/mol. The van der Waals surface area contributed by atoms with Crippen LogP contribution in [0.4, 0.5) is 0 Å². The highest BCUT2D eigenvalue weighted by molar-refractivity contribution is 14.0. The number of aliphatic hydroxyl groups excluding tert-OH is 1. The molecule has 6 nitrogen and oxygen atoms in total. The highest BCUT2D eigenvalue weighted by atomic mass is 127. The molecule has 0 spiro atoms. The molecule has 1 rings (SSSR count). The van der Waals surface area contributed by atoms with Gasteiger partial charge in [-0.1, -0.05) is 19.0 Å². The summed E-state index contributed by atoms with van der Waals surface area (Å²) in [7, 11) is 0. The number of guanidine groups is 1. The summed E-state index contributed by atoms with van der Waals surface area (Å²) in [5, 5.41) is 18.8. The van der Waals surface area contributed by atoms with Crippen LogP contribution in [0.15, 0.2) is 15.6 Å². The molecule has 0 bridgehead atoms. The number of nitrogens with one attached hydrogen (secondary N) is 2. The number of nitrogens with zero attached hydrogens (tertiary/aromatic N) is 2. The van der Waals surface area contributed by atoms with E-state index in [0.717, 1.165) is 18.0 Å². The molecule has 0 aliphatic carbocycles. The van der Waals surface area contributed by atoms with Gasteiger partial charge in [-0.25, -0.2) is 4.99 Å². The first-order valence-electron chi connectivity index (χ1n) is 6.25. The number of aromatic nitrogens is 1. The van der Waals surface area contributed by atoms with Gasteiger partial charge in [-0.15, -0.1) is 24.0 Å². The largest absolute Gasteiger partial charge is 0.395 e. The standard InChI is InChI=1S/C12H22N4O2.HI/c1-4-13-12(14-5-6-17)15-8-10-7-11(9(2)3)16-18-10;/h7,9,17H,4-6,8H2,1-3H3,(H2,13,14,15);1H. The molecular formula is C12H23IN4O2. The quantitative estimate of drug-likeness (QED) is 0.394. The lowest BCUT2D eigenvalue weighted by atomic mass is 10.1. The molecule has 1 aromatic rings. The zero-order valence-corrected chi connectivity index (χ0v) is 14.0. The summed E-state index contributed by atoms with van der Waals surface area (Å²) in [5.41, 5.74) is 0.938. The monoisotopic (exact) mass is 382 g/mol. The smallest absolute Gasteiger partial charge is 0.191 e. The first-order valence-corrected chi connectivity index (χ1v) is 6.25. The van der Waals surface area contributed by atoms with Crippen molar-refractivity contribution >= 4 is 29.9 Å². The Morgan fingerprint density at radius 1 is 1.47 bits per heavy atom. The Morgan fingerprint density at radius 2 is 2.21 bits per heavy atom. The Morgan fingerprint density at radius 3 is 2.74 bits per heavy atom. The Hall–Kier alpha value is -0.830. The van der Waals surface area contributed by atoms with E-state index in [1.165, 1.54) is 0 Å². The van der Waals surface area contributed by atoms with Crippen LogP contribution in [0.25, 0.3) is 0 Å². The fourth-order valence-corrected chi connectivity index (χ4v) is 1.35. The Labute approximate surface area is 131 Å². The second kappa shape index (κ2) is 10.0. The van der Waals surface area contributed by atoms with Gasteiger partial charge in [0, 0.05) is 19.2 Å². The maximum absolute atomic E-state index is 8.76. The normalized spacial score (nSPS) is 11.3. The average Bonchev–Trinajstić information content (AvgIpc) is 2.81. The van der Waals surface area contributed by atoms with E-state index in [9.17, 15) is 0 Å². The van der Waals surface area contributed by atoms with E-state index in [-0.39, 0.29) is 30.6 Å². The fraction of sp³-hybridized carbons (Fsp3) is 0.667. The highest BCUT2D eigenvalue weighted by Gasteiger charge is 2.07. The lowest BCUT2D eigenvalue weighted by molar-refractivity contribution is 0.300. The Balaban J connectivity index is 0.00000324. The number of aliphatic hydroxyl groups is 1. The van der Waals surface area contributed by atoms with Gasteiger partial charge in [0.25, 0.3) is 0 Å². The van der Waals surface area contributed by atoms with Gasteiger partial charge in [0.2, 0.25) is 0 Å². The van der Waals surface area contributed by atoms with Crippen molar-refractivity contribution in [2.75, 3.05) is 19.7 Å². The number of rotatable bonds is 6. The lowest BCUT2D eigenvalue weighted by Gasteiger charge is -2.08. The molecule has 19 heavy (non-hydrogen) atoms. The van der Waals surface area contributed by atoms with Crippen LogP contribution in [0.5, 0.6) is 0 Å². The van der Waals surface area contributed by atoms with Crippen molar-refractivity contribution in [1.29, 1.82) is 0 Å². The van der Waals surface area contributed by atoms with E-state index in [2.05, 4.69) is 34.6 Å². The second-order valence-corrected chi connectivity index (χ2v) is 4.22. The predicted molar refractivity (Wildman–Crippen MR) is 85.9 cm³/mol. The molecule has 7 heteroatoms. The minimum atomic E-state index is 0. The van der Waals surface area contributed by atoms with E-state index >= 15 is 0 Å². The summed E-state index contributed by atoms with van der Waals surface area (Å²) in [6.07, 6.45) is 0. The molecular weight excluding hydrogens is 359 g/mol. The summed E-state index contributed by atoms with van der Waals surface area (Å²) in [4.78, 5) is 4.34. The van der Waals surface area contributed by atoms with Gasteiger partial charge in [-0.05, 0) is 12.8 Å². The third-order valence-corrected chi connectivity index (χ3v) is 2.31. The molecule has 1 heterocycles. The number of halogens is 1. The first kappa shape index (κ1) is 18.2. The molecule has 0 aliphatic rings. The zero-order valence-electron chi connectivity index (χ0n) is 11.6. The Kier molecular flexibility index (Phi) is 9.58. The molecule has 0 atom stereocenters. The van der Waals surface area contributed by atoms with Crippen LogP contribution >= 0.6 is 24.0 Å². The third kappa shape index (κ3) is 6.76. The number of hydrogen-bond acceptors (Lipinski definition) is 4. The lowest BCUT2D eigenvalue weighted by Crippen LogP contribution is -2.38. The molecule has 0 aliphatic heterocycles. The van der Waals surface area contributed by atoms with Crippen LogP contribution in [-0.4, -0.2) is 35.9 Å². The molecule has 0 saturated heterocycles. The van der Waals surface area contributed by atoms with Gasteiger partial charge in [-0.2, -0.15) is 0 Å². The van der Waals surface area contributed by atoms with Crippen LogP contribution in [0.2, 0.25) is 0 Å². The predicted octanol–water partition coefficient (Wildman–Crippen LogP) is 1.46. The zero-order chi connectivity index (χ0) is 13.4. The van der Waals surface area contributed by atoms with Crippen molar-refractivity contribution in [3.63, 3.8) is 0 Å². The van der Waals surface area contributed by atoms with Gasteiger partial charge < -0.3 is 20.3 Å². The van der Waals surface area contributed by atoms with Gasteiger partial charge in [-0.3, -0.25) is 0 Å². The van der Waals surface area contributed by atoms with Crippen molar-refractivity contribution in [2.45, 2.75) is 33.2 Å². The molecule has 0 fully saturated rings. The highest BCUT2D eigenvalue weighted by Crippen LogP contribution is 2.14. The van der Waals surface area contributed by atoms with E-state index < -0.39 is 0 Å². The number of hydrogen-bond donors (Lipinski definition) is 3. The van der Waals surface area contributed by atoms with Crippen molar-refractivity contribution in [3.8, 4) is 0 Å². The van der Waals surface area contributed by atoms with E-state index in [1.807, 2.05) is 13.0 Å². The molecule has 0 radical (unpaired) electrons. The Bertz CT molecular complexity index is 380. The van der Waals surface area contributed by atoms with E-state index in [4.69, 9.17) is 9.63 Å². The molecule has 0 saturated carbocycles. The van der Waals surface area contributed by atoms with E-state index in [1.54, 1.807) is 0 Å². The first-order chi connectivity index (χ1) is 8.67. The summed E-state index contributed by atoms with van der Waals surface area (Å²) in [6.45, 7) is 7.87. The van der Waals surface area contributed by atoms with Crippen molar-refractivity contribution in [1.82, 2.24) is 15.8 Å². The summed E-state index contributed by atoms with van der Waals surface area (Å²) in [5.74, 6) is 1.75. The number of aliphatic imine (C=N–C) groups is 1. The topological polar surface area (TPSA) is 82.7 Å². The SMILES string of the molecule is CCNC(=NCc1cc(C(C)C)no1)NCCO.I. The van der Waals surface area contributed by atoms with Crippen LogP contribution in [0.3, 0.4) is 0 Å². The van der Waals surface area contributed by atoms with Crippen molar-refractivity contribution < 1.29 is 9.63 Å². The van der Waals surface area contributed by atoms with Gasteiger partial charge >= 0.3 is 0 Å². The van der Waals surface area contributed by atoms with Crippen molar-refractivity contribution in [3.05, 3.63) is 17.5 Å². The maximum atomic E-state index is 8.76. The fourth-order valence-electron chi connectivity index (χ4n) is 1.35. The minimum Gasteiger partial charge on any atom is -0.395 e. The maximum Gasteiger partial charge on any atom is 0.191 e. The van der Waals surface area contributed by atoms with Crippen LogP contribution in [0, 0.1) is 0 Å². The van der Waals surface area contributed by atoms with Gasteiger partial charge in [0.05, 0.1) is 12.3 Å².